The first-order chi connectivity index (χ1) is 7.17. The van der Waals surface area contributed by atoms with Crippen LogP contribution in [0.4, 0.5) is 0 Å². The van der Waals surface area contributed by atoms with Crippen molar-refractivity contribution in [1.82, 2.24) is 4.98 Å². The third-order valence-corrected chi connectivity index (χ3v) is 1.63. The van der Waals surface area contributed by atoms with Crippen LogP contribution < -0.4 is 4.74 Å². The van der Waals surface area contributed by atoms with Gasteiger partial charge in [0.05, 0.1) is 7.11 Å². The summed E-state index contributed by atoms with van der Waals surface area (Å²) in [6.07, 6.45) is 2.67. The van der Waals surface area contributed by atoms with Gasteiger partial charge in [-0.2, -0.15) is 5.26 Å². The maximum atomic E-state index is 10.5. The molecule has 0 aliphatic rings. The van der Waals surface area contributed by atoms with E-state index in [0.717, 1.165) is 0 Å². The summed E-state index contributed by atoms with van der Waals surface area (Å²) in [4.78, 5) is 14.4. The van der Waals surface area contributed by atoms with Crippen LogP contribution in [0.1, 0.15) is 5.56 Å². The fourth-order valence-electron chi connectivity index (χ4n) is 0.906. The van der Waals surface area contributed by atoms with Gasteiger partial charge in [0, 0.05) is 12.3 Å². The van der Waals surface area contributed by atoms with Crippen LogP contribution in [0.15, 0.2) is 23.9 Å². The SMILES string of the molecule is COc1ccc(C=C(C#N)C(=O)O)cn1. The number of aliphatic carboxylic acids is 1. The number of pyridine rings is 1. The number of nitriles is 1. The fraction of sp³-hybridized carbons (Fsp3) is 0.100. The van der Waals surface area contributed by atoms with Crippen LogP contribution in [-0.2, 0) is 4.79 Å². The van der Waals surface area contributed by atoms with Gasteiger partial charge in [0.1, 0.15) is 11.6 Å². The van der Waals surface area contributed by atoms with E-state index in [2.05, 4.69) is 4.98 Å². The maximum absolute atomic E-state index is 10.5. The third-order valence-electron chi connectivity index (χ3n) is 1.63. The highest BCUT2D eigenvalue weighted by Crippen LogP contribution is 2.10. The van der Waals surface area contributed by atoms with Crippen LogP contribution in [0, 0.1) is 11.3 Å². The molecule has 0 aliphatic carbocycles. The van der Waals surface area contributed by atoms with Gasteiger partial charge in [-0.05, 0) is 17.7 Å². The molecule has 5 nitrogen and oxygen atoms in total. The first-order valence-corrected chi connectivity index (χ1v) is 4.02. The molecule has 0 aliphatic heterocycles. The van der Waals surface area contributed by atoms with Crippen molar-refractivity contribution in [1.29, 1.82) is 5.26 Å². The van der Waals surface area contributed by atoms with Crippen molar-refractivity contribution < 1.29 is 14.6 Å². The predicted molar refractivity (Wildman–Crippen MR) is 52.0 cm³/mol. The van der Waals surface area contributed by atoms with E-state index in [1.165, 1.54) is 19.4 Å². The summed E-state index contributed by atoms with van der Waals surface area (Å²) in [6.45, 7) is 0. The molecule has 0 fully saturated rings. The lowest BCUT2D eigenvalue weighted by Crippen LogP contribution is -1.97. The van der Waals surface area contributed by atoms with Gasteiger partial charge in [0.25, 0.3) is 0 Å². The van der Waals surface area contributed by atoms with Crippen molar-refractivity contribution in [2.24, 2.45) is 0 Å². The lowest BCUT2D eigenvalue weighted by Gasteiger charge is -1.98. The van der Waals surface area contributed by atoms with Crippen LogP contribution in [0.2, 0.25) is 0 Å². The average molecular weight is 204 g/mol. The predicted octanol–water partition coefficient (Wildman–Crippen LogP) is 1.08. The Balaban J connectivity index is 2.98. The zero-order valence-corrected chi connectivity index (χ0v) is 7.97. The zero-order valence-electron chi connectivity index (χ0n) is 7.97. The smallest absolute Gasteiger partial charge is 0.346 e. The monoisotopic (exact) mass is 204 g/mol. The van der Waals surface area contributed by atoms with Gasteiger partial charge in [0.15, 0.2) is 0 Å². The Morgan fingerprint density at radius 1 is 1.67 bits per heavy atom. The van der Waals surface area contributed by atoms with Crippen LogP contribution in [0.25, 0.3) is 6.08 Å². The molecule has 1 N–H and O–H groups in total. The van der Waals surface area contributed by atoms with E-state index in [9.17, 15) is 4.79 Å². The van der Waals surface area contributed by atoms with Crippen molar-refractivity contribution >= 4 is 12.0 Å². The normalized spacial score (nSPS) is 10.5. The Labute approximate surface area is 86.2 Å². The molecule has 0 radical (unpaired) electrons. The van der Waals surface area contributed by atoms with Crippen molar-refractivity contribution in [2.45, 2.75) is 0 Å². The number of aromatic nitrogens is 1. The second-order valence-corrected chi connectivity index (χ2v) is 2.61. The van der Waals surface area contributed by atoms with Gasteiger partial charge in [-0.25, -0.2) is 9.78 Å². The summed E-state index contributed by atoms with van der Waals surface area (Å²) in [6, 6.07) is 4.78. The summed E-state index contributed by atoms with van der Waals surface area (Å²) in [5, 5.41) is 17.1. The molecule has 0 saturated carbocycles. The quantitative estimate of drug-likeness (QED) is 0.588. The lowest BCUT2D eigenvalue weighted by atomic mass is 10.2. The third kappa shape index (κ3) is 2.81. The molecule has 0 amide bonds. The highest BCUT2D eigenvalue weighted by atomic mass is 16.5. The summed E-state index contributed by atoms with van der Waals surface area (Å²) >= 11 is 0. The summed E-state index contributed by atoms with van der Waals surface area (Å²) in [5.41, 5.74) is 0.205. The van der Waals surface area contributed by atoms with Gasteiger partial charge in [-0.1, -0.05) is 0 Å². The molecule has 0 aromatic carbocycles. The van der Waals surface area contributed by atoms with Crippen molar-refractivity contribution in [2.75, 3.05) is 7.11 Å². The minimum atomic E-state index is -1.26. The molecule has 0 saturated heterocycles. The van der Waals surface area contributed by atoms with Crippen LogP contribution in [0.3, 0.4) is 0 Å². The fourth-order valence-corrected chi connectivity index (χ4v) is 0.906. The van der Waals surface area contributed by atoms with Crippen LogP contribution in [0.5, 0.6) is 5.88 Å². The molecule has 15 heavy (non-hydrogen) atoms. The minimum absolute atomic E-state index is 0.332. The average Bonchev–Trinajstić information content (AvgIpc) is 2.26. The van der Waals surface area contributed by atoms with E-state index in [-0.39, 0.29) is 5.57 Å². The number of carboxylic acids is 1. The summed E-state index contributed by atoms with van der Waals surface area (Å²) in [5.74, 6) is -0.825. The van der Waals surface area contributed by atoms with Gasteiger partial charge in [-0.15, -0.1) is 0 Å². The maximum Gasteiger partial charge on any atom is 0.346 e. The molecule has 1 aromatic rings. The highest BCUT2D eigenvalue weighted by Gasteiger charge is 2.05. The molecule has 76 valence electrons. The largest absolute Gasteiger partial charge is 0.481 e. The van der Waals surface area contributed by atoms with E-state index in [1.807, 2.05) is 0 Å². The van der Waals surface area contributed by atoms with E-state index in [4.69, 9.17) is 15.1 Å². The lowest BCUT2D eigenvalue weighted by molar-refractivity contribution is -0.132. The first-order valence-electron chi connectivity index (χ1n) is 4.02. The van der Waals surface area contributed by atoms with E-state index in [1.54, 1.807) is 18.2 Å². The number of carbonyl (C=O) groups is 1. The number of carboxylic acid groups (broad SMARTS) is 1. The Hall–Kier alpha value is -2.35. The summed E-state index contributed by atoms with van der Waals surface area (Å²) in [7, 11) is 1.48. The Bertz CT molecular complexity index is 429. The van der Waals surface area contributed by atoms with Gasteiger partial charge < -0.3 is 9.84 Å². The Kier molecular flexibility index (Phi) is 3.41. The molecule has 0 spiro atoms. The van der Waals surface area contributed by atoms with Gasteiger partial charge >= 0.3 is 5.97 Å². The van der Waals surface area contributed by atoms with Crippen molar-refractivity contribution in [3.05, 3.63) is 29.5 Å². The Morgan fingerprint density at radius 3 is 2.80 bits per heavy atom. The standard InChI is InChI=1S/C10H8N2O3/c1-15-9-3-2-7(6-12-9)4-8(5-11)10(13)14/h2-4,6H,1H3,(H,13,14). The van der Waals surface area contributed by atoms with E-state index >= 15 is 0 Å². The van der Waals surface area contributed by atoms with E-state index < -0.39 is 5.97 Å². The number of methoxy groups -OCH3 is 1. The number of nitrogens with zero attached hydrogens (tertiary/aromatic N) is 2. The molecule has 1 aromatic heterocycles. The molecule has 5 heteroatoms. The number of hydrogen-bond acceptors (Lipinski definition) is 4. The molecule has 1 rings (SSSR count). The van der Waals surface area contributed by atoms with Crippen molar-refractivity contribution in [3.63, 3.8) is 0 Å². The molecule has 0 bridgehead atoms. The van der Waals surface area contributed by atoms with Gasteiger partial charge in [-0.3, -0.25) is 0 Å². The number of ether oxygens (including phenoxy) is 1. The molecule has 0 unspecified atom stereocenters. The first kappa shape index (κ1) is 10.7. The zero-order chi connectivity index (χ0) is 11.3. The van der Waals surface area contributed by atoms with Crippen LogP contribution >= 0.6 is 0 Å². The molecule has 1 heterocycles. The molecular formula is C10H8N2O3. The molecule has 0 atom stereocenters. The second-order valence-electron chi connectivity index (χ2n) is 2.61. The second kappa shape index (κ2) is 4.77. The van der Waals surface area contributed by atoms with Crippen molar-refractivity contribution in [3.8, 4) is 11.9 Å². The number of hydrogen-bond donors (Lipinski definition) is 1. The molecular weight excluding hydrogens is 196 g/mol. The summed E-state index contributed by atoms with van der Waals surface area (Å²) < 4.78 is 4.83. The Morgan fingerprint density at radius 2 is 2.40 bits per heavy atom. The minimum Gasteiger partial charge on any atom is -0.481 e. The van der Waals surface area contributed by atoms with Crippen LogP contribution in [-0.4, -0.2) is 23.2 Å². The van der Waals surface area contributed by atoms with Gasteiger partial charge in [0.2, 0.25) is 5.88 Å². The topological polar surface area (TPSA) is 83.2 Å². The van der Waals surface area contributed by atoms with E-state index in [0.29, 0.717) is 11.4 Å². The highest BCUT2D eigenvalue weighted by molar-refractivity contribution is 5.96. The number of rotatable bonds is 3.